The molecule has 0 saturated carbocycles. The number of carbonyl (C=O) groups is 1. The number of nitrogens with one attached hydrogen (secondary N) is 2. The molecule has 2 N–H and O–H groups in total. The van der Waals surface area contributed by atoms with Crippen LogP contribution in [0.4, 0.5) is 5.69 Å². The van der Waals surface area contributed by atoms with E-state index >= 15 is 0 Å². The molecule has 0 radical (unpaired) electrons. The molecule has 1 aliphatic heterocycles. The Morgan fingerprint density at radius 3 is 2.88 bits per heavy atom. The van der Waals surface area contributed by atoms with Gasteiger partial charge < -0.3 is 15.4 Å². The number of anilines is 1. The number of hydrogen-bond donors (Lipinski definition) is 2. The molecule has 0 aliphatic carbocycles. The number of thiocarbonyl (C=S) groups is 1. The summed E-state index contributed by atoms with van der Waals surface area (Å²) in [5, 5.41) is 16.5. The fourth-order valence-electron chi connectivity index (χ4n) is 2.20. The van der Waals surface area contributed by atoms with Crippen molar-refractivity contribution in [3.05, 3.63) is 34.9 Å². The Balaban J connectivity index is 1.80. The molecule has 0 spiro atoms. The molecule has 7 heteroatoms. The van der Waals surface area contributed by atoms with Gasteiger partial charge in [0, 0.05) is 17.9 Å². The highest BCUT2D eigenvalue weighted by atomic mass is 32.2. The summed E-state index contributed by atoms with van der Waals surface area (Å²) < 4.78 is 4.60. The molecule has 1 aliphatic rings. The number of esters is 1. The molecule has 1 heterocycles. The van der Waals surface area contributed by atoms with Crippen LogP contribution in [0.15, 0.2) is 39.8 Å². The van der Waals surface area contributed by atoms with Crippen molar-refractivity contribution in [3.63, 3.8) is 0 Å². The van der Waals surface area contributed by atoms with Crippen molar-refractivity contribution in [2.45, 2.75) is 30.6 Å². The predicted molar refractivity (Wildman–Crippen MR) is 99.6 cm³/mol. The van der Waals surface area contributed by atoms with E-state index in [0.29, 0.717) is 23.5 Å². The highest BCUT2D eigenvalue weighted by Crippen LogP contribution is 2.41. The van der Waals surface area contributed by atoms with E-state index in [4.69, 9.17) is 12.2 Å². The van der Waals surface area contributed by atoms with Crippen molar-refractivity contribution < 1.29 is 9.53 Å². The molecule has 0 atom stereocenters. The van der Waals surface area contributed by atoms with Crippen LogP contribution >= 0.6 is 24.0 Å². The molecule has 2 rings (SSSR count). The Morgan fingerprint density at radius 1 is 1.38 bits per heavy atom. The number of benzene rings is 1. The van der Waals surface area contributed by atoms with Crippen molar-refractivity contribution in [1.82, 2.24) is 5.32 Å². The molecular formula is C17H19N3O2S2. The number of hydrogen-bond acceptors (Lipinski definition) is 6. The van der Waals surface area contributed by atoms with Gasteiger partial charge in [0.15, 0.2) is 0 Å². The van der Waals surface area contributed by atoms with Crippen molar-refractivity contribution in [2.24, 2.45) is 0 Å². The van der Waals surface area contributed by atoms with Crippen LogP contribution in [0, 0.1) is 11.3 Å². The Hall–Kier alpha value is -2.04. The van der Waals surface area contributed by atoms with Crippen molar-refractivity contribution in [3.8, 4) is 6.07 Å². The molecule has 0 amide bonds. The summed E-state index contributed by atoms with van der Waals surface area (Å²) in [4.78, 5) is 12.6. The molecule has 0 fully saturated rings. The van der Waals surface area contributed by atoms with Crippen LogP contribution in [0.1, 0.15) is 25.7 Å². The van der Waals surface area contributed by atoms with Gasteiger partial charge in [0.1, 0.15) is 16.6 Å². The minimum Gasteiger partial charge on any atom is -0.469 e. The summed E-state index contributed by atoms with van der Waals surface area (Å²) in [6, 6.07) is 10.1. The van der Waals surface area contributed by atoms with Crippen LogP contribution in [0.3, 0.4) is 0 Å². The minimum absolute atomic E-state index is 0.182. The van der Waals surface area contributed by atoms with Gasteiger partial charge in [-0.3, -0.25) is 4.79 Å². The average molecular weight is 361 g/mol. The maximum Gasteiger partial charge on any atom is 0.305 e. The second kappa shape index (κ2) is 9.30. The summed E-state index contributed by atoms with van der Waals surface area (Å²) >= 11 is 6.86. The van der Waals surface area contributed by atoms with Gasteiger partial charge in [0.25, 0.3) is 0 Å². The number of nitrogens with zero attached hydrogens (tertiary/aromatic N) is 1. The Morgan fingerprint density at radius 2 is 2.17 bits per heavy atom. The number of thioether (sulfide) groups is 1. The number of unbranched alkanes of at least 4 members (excludes halogenated alkanes) is 2. The lowest BCUT2D eigenvalue weighted by Crippen LogP contribution is -2.25. The zero-order valence-electron chi connectivity index (χ0n) is 13.4. The number of fused-ring (bicyclic) bond motifs is 1. The third-order valence-electron chi connectivity index (χ3n) is 3.48. The van der Waals surface area contributed by atoms with Gasteiger partial charge in [0.2, 0.25) is 0 Å². The van der Waals surface area contributed by atoms with Crippen LogP contribution < -0.4 is 10.6 Å². The van der Waals surface area contributed by atoms with E-state index in [0.717, 1.165) is 34.9 Å². The molecule has 5 nitrogen and oxygen atoms in total. The van der Waals surface area contributed by atoms with Gasteiger partial charge in [-0.1, -0.05) is 42.5 Å². The first kappa shape index (κ1) is 18.3. The first-order chi connectivity index (χ1) is 11.7. The lowest BCUT2D eigenvalue weighted by molar-refractivity contribution is -0.140. The SMILES string of the molecule is COC(=O)CCCCCNC(=S)/C(C#N)=C1\Nc2ccccc2S1. The molecule has 0 saturated heterocycles. The summed E-state index contributed by atoms with van der Waals surface area (Å²) in [7, 11) is 1.40. The molecular weight excluding hydrogens is 342 g/mol. The second-order valence-corrected chi connectivity index (χ2v) is 6.64. The third-order valence-corrected chi connectivity index (χ3v) is 4.92. The Bertz CT molecular complexity index is 668. The normalized spacial score (nSPS) is 14.2. The standard InChI is InChI=1S/C17H19N3O2S2/c1-22-15(21)9-3-2-6-10-19-16(23)12(11-18)17-20-13-7-4-5-8-14(13)24-17/h4-5,7-8,20H,2-3,6,9-10H2,1H3,(H,19,23)/b17-12+. The summed E-state index contributed by atoms with van der Waals surface area (Å²) in [6.07, 6.45) is 3.01. The highest BCUT2D eigenvalue weighted by Gasteiger charge is 2.20. The number of methoxy groups -OCH3 is 1. The maximum atomic E-state index is 11.0. The maximum absolute atomic E-state index is 11.0. The average Bonchev–Trinajstić information content (AvgIpc) is 3.01. The van der Waals surface area contributed by atoms with Gasteiger partial charge in [-0.2, -0.15) is 5.26 Å². The van der Waals surface area contributed by atoms with Gasteiger partial charge in [-0.15, -0.1) is 0 Å². The van der Waals surface area contributed by atoms with Gasteiger partial charge in [-0.05, 0) is 25.0 Å². The summed E-state index contributed by atoms with van der Waals surface area (Å²) in [5.74, 6) is -0.182. The first-order valence-electron chi connectivity index (χ1n) is 7.69. The van der Waals surface area contributed by atoms with Crippen LogP contribution in [0.2, 0.25) is 0 Å². The lowest BCUT2D eigenvalue weighted by Gasteiger charge is -2.09. The van der Waals surface area contributed by atoms with Gasteiger partial charge in [0.05, 0.1) is 17.8 Å². The lowest BCUT2D eigenvalue weighted by atomic mass is 10.2. The van der Waals surface area contributed by atoms with E-state index in [1.54, 1.807) is 0 Å². The minimum atomic E-state index is -0.182. The van der Waals surface area contributed by atoms with Crippen LogP contribution in [0.25, 0.3) is 0 Å². The molecule has 1 aromatic carbocycles. The van der Waals surface area contributed by atoms with Crippen molar-refractivity contribution in [2.75, 3.05) is 19.0 Å². The Labute approximate surface area is 151 Å². The molecule has 126 valence electrons. The summed E-state index contributed by atoms with van der Waals surface area (Å²) in [5.41, 5.74) is 1.46. The fourth-order valence-corrected chi connectivity index (χ4v) is 3.52. The molecule has 1 aromatic rings. The topological polar surface area (TPSA) is 74.1 Å². The van der Waals surface area contributed by atoms with E-state index in [-0.39, 0.29) is 5.97 Å². The van der Waals surface area contributed by atoms with Crippen LogP contribution in [-0.2, 0) is 9.53 Å². The number of carbonyl (C=O) groups excluding carboxylic acids is 1. The molecule has 24 heavy (non-hydrogen) atoms. The number of rotatable bonds is 7. The van der Waals surface area contributed by atoms with Crippen LogP contribution in [-0.4, -0.2) is 24.6 Å². The largest absolute Gasteiger partial charge is 0.469 e. The van der Waals surface area contributed by atoms with Crippen molar-refractivity contribution in [1.29, 1.82) is 5.26 Å². The van der Waals surface area contributed by atoms with E-state index in [1.165, 1.54) is 18.9 Å². The van der Waals surface area contributed by atoms with Crippen LogP contribution in [0.5, 0.6) is 0 Å². The molecule has 0 aromatic heterocycles. The number of ether oxygens (including phenoxy) is 1. The summed E-state index contributed by atoms with van der Waals surface area (Å²) in [6.45, 7) is 0.677. The van der Waals surface area contributed by atoms with E-state index in [1.807, 2.05) is 24.3 Å². The fraction of sp³-hybridized carbons (Fsp3) is 0.353. The van der Waals surface area contributed by atoms with E-state index < -0.39 is 0 Å². The first-order valence-corrected chi connectivity index (χ1v) is 8.91. The number of nitriles is 1. The monoisotopic (exact) mass is 361 g/mol. The Kier molecular flexibility index (Phi) is 7.09. The van der Waals surface area contributed by atoms with Gasteiger partial charge in [-0.25, -0.2) is 0 Å². The van der Waals surface area contributed by atoms with Crippen molar-refractivity contribution >= 4 is 40.6 Å². The second-order valence-electron chi connectivity index (χ2n) is 5.18. The van der Waals surface area contributed by atoms with E-state index in [9.17, 15) is 10.1 Å². The number of para-hydroxylation sites is 1. The van der Waals surface area contributed by atoms with E-state index in [2.05, 4.69) is 21.4 Å². The highest BCUT2D eigenvalue weighted by molar-refractivity contribution is 8.03. The predicted octanol–water partition coefficient (Wildman–Crippen LogP) is 3.59. The zero-order valence-corrected chi connectivity index (χ0v) is 15.1. The molecule has 0 unspecified atom stereocenters. The zero-order chi connectivity index (χ0) is 17.4. The molecule has 0 bridgehead atoms. The van der Waals surface area contributed by atoms with Gasteiger partial charge >= 0.3 is 5.97 Å². The smallest absolute Gasteiger partial charge is 0.305 e. The quantitative estimate of drug-likeness (QED) is 0.253. The third kappa shape index (κ3) is 4.98.